The van der Waals surface area contributed by atoms with Crippen molar-refractivity contribution in [2.75, 3.05) is 24.4 Å². The van der Waals surface area contributed by atoms with Gasteiger partial charge in [-0.2, -0.15) is 0 Å². The number of fused-ring (bicyclic) bond motifs is 1. The number of benzene rings is 3. The van der Waals surface area contributed by atoms with Gasteiger partial charge < -0.3 is 31.4 Å². The number of aliphatic carboxylic acids is 1. The normalized spacial score (nSPS) is 12.9. The molecular weight excluding hydrogens is 608 g/mol. The number of pyridine rings is 1. The van der Waals surface area contributed by atoms with Gasteiger partial charge in [-0.1, -0.05) is 11.6 Å². The molecule has 3 aromatic carbocycles. The van der Waals surface area contributed by atoms with Crippen LogP contribution in [0.4, 0.5) is 15.8 Å². The van der Waals surface area contributed by atoms with E-state index in [1.807, 2.05) is 0 Å². The van der Waals surface area contributed by atoms with Crippen LogP contribution in [-0.2, 0) is 14.4 Å². The number of hydrogen-bond donors (Lipinski definition) is 3. The van der Waals surface area contributed by atoms with Crippen molar-refractivity contribution in [2.24, 2.45) is 5.41 Å². The number of carbonyl (C=O) groups is 3. The molecule has 3 N–H and O–H groups in total. The average molecular weight is 634 g/mol. The predicted octanol–water partition coefficient (Wildman–Crippen LogP) is 3.16. The Morgan fingerprint density at radius 1 is 0.953 bits per heavy atom. The van der Waals surface area contributed by atoms with Gasteiger partial charge in [0.25, 0.3) is 0 Å². The summed E-state index contributed by atoms with van der Waals surface area (Å²) in [6.45, 7) is -0.0358. The Labute approximate surface area is 294 Å². The molecule has 1 aliphatic carbocycles. The fourth-order valence-electron chi connectivity index (χ4n) is 4.23. The summed E-state index contributed by atoms with van der Waals surface area (Å²) < 4.78 is 30.2. The monoisotopic (exact) mass is 633 g/mol. The number of aromatic nitrogens is 1. The van der Waals surface area contributed by atoms with Crippen LogP contribution in [0.25, 0.3) is 10.9 Å². The van der Waals surface area contributed by atoms with Crippen molar-refractivity contribution >= 4 is 51.7 Å². The van der Waals surface area contributed by atoms with Crippen LogP contribution in [0, 0.1) is 11.2 Å². The molecule has 5 rings (SSSR count). The summed E-state index contributed by atoms with van der Waals surface area (Å²) in [5.74, 6) is -0.913. The maximum atomic E-state index is 13.2. The number of anilines is 2. The zero-order valence-corrected chi connectivity index (χ0v) is 27.2. The van der Waals surface area contributed by atoms with Crippen molar-refractivity contribution in [2.45, 2.75) is 19.3 Å². The number of carbonyl (C=O) groups excluding carboxylic acids is 2. The number of hydrogen-bond acceptors (Lipinski definition) is 7. The quantitative estimate of drug-likeness (QED) is 0.169. The fourth-order valence-corrected chi connectivity index (χ4v) is 4.45. The molecule has 10 nitrogen and oxygen atoms in total. The van der Waals surface area contributed by atoms with Crippen LogP contribution in [0.15, 0.2) is 66.9 Å². The number of nitrogens with one attached hydrogen (secondary N) is 2. The van der Waals surface area contributed by atoms with Crippen molar-refractivity contribution in [1.29, 1.82) is 0 Å². The smallest absolute Gasteiger partial charge is 1.00 e. The fraction of sp³-hybridized carbons (Fsp3) is 0.200. The first-order valence-corrected chi connectivity index (χ1v) is 13.2. The summed E-state index contributed by atoms with van der Waals surface area (Å²) in [6, 6.07) is 15.0. The van der Waals surface area contributed by atoms with Crippen molar-refractivity contribution in [1.82, 2.24) is 4.98 Å². The van der Waals surface area contributed by atoms with Gasteiger partial charge in [-0.3, -0.25) is 19.4 Å². The van der Waals surface area contributed by atoms with Crippen LogP contribution in [-0.4, -0.2) is 41.6 Å². The molecule has 0 saturated heterocycles. The first-order chi connectivity index (χ1) is 20.2. The maximum Gasteiger partial charge on any atom is 1.00 e. The molecule has 0 spiro atoms. The van der Waals surface area contributed by atoms with E-state index in [-0.39, 0.29) is 70.9 Å². The topological polar surface area (TPSA) is 136 Å². The van der Waals surface area contributed by atoms with Crippen LogP contribution in [0.5, 0.6) is 23.0 Å². The van der Waals surface area contributed by atoms with E-state index >= 15 is 0 Å². The van der Waals surface area contributed by atoms with Crippen molar-refractivity contribution in [3.63, 3.8) is 0 Å². The predicted molar refractivity (Wildman–Crippen MR) is 154 cm³/mol. The zero-order valence-electron chi connectivity index (χ0n) is 24.3. The minimum atomic E-state index is -1.22. The number of methoxy groups -OCH3 is 1. The molecule has 0 bridgehead atoms. The summed E-state index contributed by atoms with van der Waals surface area (Å²) >= 11 is 6.50. The third-order valence-electron chi connectivity index (χ3n) is 6.69. The van der Waals surface area contributed by atoms with Gasteiger partial charge in [-0.15, -0.1) is 0 Å². The van der Waals surface area contributed by atoms with Gasteiger partial charge in [0.15, 0.2) is 11.5 Å². The molecule has 43 heavy (non-hydrogen) atoms. The molecule has 1 saturated carbocycles. The molecule has 218 valence electrons. The minimum absolute atomic E-state index is 0. The molecule has 0 aliphatic heterocycles. The average Bonchev–Trinajstić information content (AvgIpc) is 3.78. The van der Waals surface area contributed by atoms with E-state index < -0.39 is 29.0 Å². The third-order valence-corrected chi connectivity index (χ3v) is 6.99. The Morgan fingerprint density at radius 2 is 1.63 bits per heavy atom. The summed E-state index contributed by atoms with van der Waals surface area (Å²) in [4.78, 5) is 41.0. The second-order valence-electron chi connectivity index (χ2n) is 9.57. The largest absolute Gasteiger partial charge is 1.00 e. The number of amides is 2. The van der Waals surface area contributed by atoms with E-state index in [9.17, 15) is 18.8 Å². The Balaban J connectivity index is 0.00000264. The van der Waals surface area contributed by atoms with Gasteiger partial charge >= 0.3 is 57.4 Å². The van der Waals surface area contributed by atoms with Gasteiger partial charge in [0, 0.05) is 29.0 Å². The van der Waals surface area contributed by atoms with Crippen LogP contribution in [0.1, 0.15) is 20.7 Å². The summed E-state index contributed by atoms with van der Waals surface area (Å²) in [7, 11) is 1.46. The first-order valence-electron chi connectivity index (χ1n) is 12.9. The van der Waals surface area contributed by atoms with Gasteiger partial charge in [0.05, 0.1) is 30.7 Å². The Hall–Kier alpha value is -3.26. The molecule has 13 heteroatoms. The van der Waals surface area contributed by atoms with Crippen LogP contribution in [0.2, 0.25) is 5.02 Å². The molecule has 1 aliphatic rings. The second-order valence-corrected chi connectivity index (χ2v) is 9.97. The van der Waals surface area contributed by atoms with Gasteiger partial charge in [0.2, 0.25) is 11.8 Å². The summed E-state index contributed by atoms with van der Waals surface area (Å²) in [6.07, 6.45) is 2.13. The molecule has 0 radical (unpaired) electrons. The molecular formula is C30H26ClFKN3O7. The number of carboxylic acid groups (broad SMARTS) is 1. The van der Waals surface area contributed by atoms with Gasteiger partial charge in [0.1, 0.15) is 22.7 Å². The first kappa shape index (κ1) is 32.6. The van der Waals surface area contributed by atoms with Crippen LogP contribution < -0.4 is 76.2 Å². The zero-order chi connectivity index (χ0) is 29.9. The van der Waals surface area contributed by atoms with E-state index in [0.29, 0.717) is 58.1 Å². The van der Waals surface area contributed by atoms with Gasteiger partial charge in [-0.05, 0) is 67.4 Å². The van der Waals surface area contributed by atoms with Crippen molar-refractivity contribution < 1.29 is 90.9 Å². The van der Waals surface area contributed by atoms with E-state index in [1.54, 1.807) is 36.5 Å². The minimum Gasteiger partial charge on any atom is -1.00 e. The maximum absolute atomic E-state index is 13.2. The van der Waals surface area contributed by atoms with Crippen LogP contribution >= 0.6 is 11.6 Å². The Bertz CT molecular complexity index is 1690. The molecule has 1 heterocycles. The Morgan fingerprint density at radius 3 is 2.26 bits per heavy atom. The van der Waals surface area contributed by atoms with E-state index in [2.05, 4.69) is 15.6 Å². The molecule has 4 aromatic rings. The molecule has 1 aromatic heterocycles. The number of carboxylic acids is 1. The van der Waals surface area contributed by atoms with Gasteiger partial charge in [-0.25, -0.2) is 4.39 Å². The Kier molecular flexibility index (Phi) is 10.6. The number of nitrogens with zero attached hydrogens (tertiary/aromatic N) is 1. The van der Waals surface area contributed by atoms with E-state index in [4.69, 9.17) is 30.9 Å². The second kappa shape index (κ2) is 14.0. The van der Waals surface area contributed by atoms with E-state index in [0.717, 1.165) is 0 Å². The third kappa shape index (κ3) is 7.64. The van der Waals surface area contributed by atoms with E-state index in [1.165, 1.54) is 37.4 Å². The van der Waals surface area contributed by atoms with Crippen LogP contribution in [0.3, 0.4) is 0 Å². The van der Waals surface area contributed by atoms with Crippen molar-refractivity contribution in [3.8, 4) is 23.0 Å². The number of rotatable bonds is 11. The van der Waals surface area contributed by atoms with Crippen molar-refractivity contribution in [3.05, 3.63) is 77.7 Å². The summed E-state index contributed by atoms with van der Waals surface area (Å²) in [5, 5.41) is 15.1. The standard InChI is InChI=1S/C30H25ClFN3O7.K.H/c1-40-25-15-20-22(16-26(25)41-13-9-27(36)37)33-12-8-23(20)42-24-7-6-19(14-21(24)31)35-29(39)30(10-11-30)28(38)34-18-4-2-17(32)3-5-18;;/h2-8,12,14-16H,9-11,13H2,1H3,(H,34,38)(H,35,39)(H,36,37);;/q;+1;-1. The summed E-state index contributed by atoms with van der Waals surface area (Å²) in [5.41, 5.74) is 0.0735. The number of halogens is 2. The molecule has 0 unspecified atom stereocenters. The number of ether oxygens (including phenoxy) is 3. The SMILES string of the molecule is COc1cc2c(Oc3ccc(NC(=O)C4(C(=O)Nc5ccc(F)cc5)CC4)cc3Cl)ccnc2cc1OCCC(=O)O.[H-].[K+]. The molecule has 0 atom stereocenters. The molecule has 2 amide bonds. The molecule has 1 fully saturated rings.